The number of allylic oxidation sites excluding steroid dienone is 1. The van der Waals surface area contributed by atoms with Crippen molar-refractivity contribution >= 4 is 18.2 Å². The molecule has 2 amide bonds. The van der Waals surface area contributed by atoms with Crippen LogP contribution in [0.15, 0.2) is 64.9 Å². The van der Waals surface area contributed by atoms with Crippen LogP contribution in [0.5, 0.6) is 11.5 Å². The molecule has 4 N–H and O–H groups in total. The standard InChI is InChI=1S/C31H37N5O6/c1-7-41-26-15-22(29-28(30(38)40-6)20(4)33-31(39)34-29)12-13-25(26)42-17-27(37)35-32-16-23-14-19(3)36(21(23)5)24-11-9-8-10-18(24)2/h8-16,27,29,35,37H,7,17H2,1-6H3,(H2,33,34,39)/b32-16-/t27-,29-/m1/s1. The molecular formula is C31H37N5O6. The molecule has 0 saturated carbocycles. The lowest BCUT2D eigenvalue weighted by molar-refractivity contribution is -0.136. The van der Waals surface area contributed by atoms with Crippen LogP contribution >= 0.6 is 0 Å². The number of aliphatic hydroxyl groups is 1. The lowest BCUT2D eigenvalue weighted by atomic mass is 9.95. The van der Waals surface area contributed by atoms with Gasteiger partial charge in [0.25, 0.3) is 0 Å². The summed E-state index contributed by atoms with van der Waals surface area (Å²) in [6, 6.07) is 14.1. The zero-order valence-electron chi connectivity index (χ0n) is 24.6. The fourth-order valence-corrected chi connectivity index (χ4v) is 4.92. The Balaban J connectivity index is 1.44. The van der Waals surface area contributed by atoms with Crippen molar-refractivity contribution < 1.29 is 28.9 Å². The summed E-state index contributed by atoms with van der Waals surface area (Å²) in [5, 5.41) is 20.1. The van der Waals surface area contributed by atoms with Crippen molar-refractivity contribution in [2.75, 3.05) is 20.3 Å². The van der Waals surface area contributed by atoms with Gasteiger partial charge in [0.1, 0.15) is 6.61 Å². The van der Waals surface area contributed by atoms with E-state index in [1.807, 2.05) is 39.0 Å². The van der Waals surface area contributed by atoms with E-state index in [0.29, 0.717) is 29.4 Å². The number of carbonyl (C=O) groups excluding carboxylic acids is 2. The second kappa shape index (κ2) is 13.3. The van der Waals surface area contributed by atoms with Gasteiger partial charge in [-0.3, -0.25) is 5.43 Å². The number of carbonyl (C=O) groups is 2. The predicted octanol–water partition coefficient (Wildman–Crippen LogP) is 3.92. The minimum Gasteiger partial charge on any atom is -0.490 e. The molecule has 0 radical (unpaired) electrons. The van der Waals surface area contributed by atoms with Crippen molar-refractivity contribution in [1.82, 2.24) is 20.6 Å². The molecular weight excluding hydrogens is 538 g/mol. The van der Waals surface area contributed by atoms with Crippen LogP contribution in [0.25, 0.3) is 5.69 Å². The maximum atomic E-state index is 12.4. The predicted molar refractivity (Wildman–Crippen MR) is 159 cm³/mol. The van der Waals surface area contributed by atoms with Crippen LogP contribution in [0, 0.1) is 20.8 Å². The molecule has 0 bridgehead atoms. The first kappa shape index (κ1) is 30.2. The quantitative estimate of drug-likeness (QED) is 0.118. The Hall–Kier alpha value is -4.77. The van der Waals surface area contributed by atoms with E-state index in [-0.39, 0.29) is 12.2 Å². The Morgan fingerprint density at radius 2 is 1.88 bits per heavy atom. The highest BCUT2D eigenvalue weighted by Crippen LogP contribution is 2.35. The maximum absolute atomic E-state index is 12.4. The minimum atomic E-state index is -1.10. The fraction of sp³-hybridized carbons (Fsp3) is 0.323. The number of esters is 1. The van der Waals surface area contributed by atoms with E-state index in [4.69, 9.17) is 14.2 Å². The smallest absolute Gasteiger partial charge is 0.337 e. The molecule has 3 aromatic rings. The molecule has 11 heteroatoms. The summed E-state index contributed by atoms with van der Waals surface area (Å²) in [7, 11) is 1.28. The van der Waals surface area contributed by atoms with Gasteiger partial charge in [0, 0.05) is 28.3 Å². The SMILES string of the molecule is CCOc1cc([C@H]2NC(=O)NC(C)=C2C(=O)OC)ccc1OC[C@@H](O)N/N=C\c1cc(C)n(-c2ccccc2C)c1C. The van der Waals surface area contributed by atoms with E-state index < -0.39 is 24.3 Å². The van der Waals surface area contributed by atoms with Crippen LogP contribution in [-0.4, -0.2) is 54.4 Å². The molecule has 0 aliphatic carbocycles. The lowest BCUT2D eigenvalue weighted by Gasteiger charge is -2.28. The largest absolute Gasteiger partial charge is 0.490 e. The van der Waals surface area contributed by atoms with Crippen LogP contribution in [0.1, 0.15) is 48.0 Å². The number of ether oxygens (including phenoxy) is 3. The summed E-state index contributed by atoms with van der Waals surface area (Å²) in [4.78, 5) is 24.6. The number of aliphatic hydroxyl groups excluding tert-OH is 1. The average Bonchev–Trinajstić information content (AvgIpc) is 3.24. The van der Waals surface area contributed by atoms with Crippen molar-refractivity contribution in [1.29, 1.82) is 0 Å². The van der Waals surface area contributed by atoms with Gasteiger partial charge in [-0.1, -0.05) is 24.3 Å². The zero-order valence-corrected chi connectivity index (χ0v) is 24.6. The summed E-state index contributed by atoms with van der Waals surface area (Å²) in [5.41, 5.74) is 9.30. The van der Waals surface area contributed by atoms with E-state index in [2.05, 4.69) is 44.8 Å². The van der Waals surface area contributed by atoms with E-state index in [1.54, 1.807) is 31.3 Å². The highest BCUT2D eigenvalue weighted by atomic mass is 16.5. The van der Waals surface area contributed by atoms with Crippen molar-refractivity contribution in [3.8, 4) is 17.2 Å². The summed E-state index contributed by atoms with van der Waals surface area (Å²) in [5.74, 6) is 0.215. The third-order valence-electron chi connectivity index (χ3n) is 6.93. The van der Waals surface area contributed by atoms with Gasteiger partial charge >= 0.3 is 12.0 Å². The number of amides is 2. The molecule has 2 heterocycles. The van der Waals surface area contributed by atoms with Gasteiger partial charge in [0.15, 0.2) is 17.7 Å². The first-order chi connectivity index (χ1) is 20.1. The molecule has 0 unspecified atom stereocenters. The average molecular weight is 576 g/mol. The topological polar surface area (TPSA) is 135 Å². The van der Waals surface area contributed by atoms with Gasteiger partial charge in [0.2, 0.25) is 0 Å². The molecule has 2 atom stereocenters. The van der Waals surface area contributed by atoms with Crippen LogP contribution < -0.4 is 25.5 Å². The van der Waals surface area contributed by atoms with Gasteiger partial charge in [-0.15, -0.1) is 0 Å². The number of nitrogens with one attached hydrogen (secondary N) is 3. The molecule has 1 aliphatic rings. The number of methoxy groups -OCH3 is 1. The maximum Gasteiger partial charge on any atom is 0.337 e. The number of para-hydroxylation sites is 1. The summed E-state index contributed by atoms with van der Waals surface area (Å²) in [6.45, 7) is 9.85. The van der Waals surface area contributed by atoms with Crippen LogP contribution in [0.2, 0.25) is 0 Å². The summed E-state index contributed by atoms with van der Waals surface area (Å²) >= 11 is 0. The minimum absolute atomic E-state index is 0.116. The van der Waals surface area contributed by atoms with Crippen molar-refractivity contribution in [2.45, 2.75) is 46.9 Å². The Kier molecular flexibility index (Phi) is 9.53. The summed E-state index contributed by atoms with van der Waals surface area (Å²) in [6.07, 6.45) is 0.568. The second-order valence-corrected chi connectivity index (χ2v) is 9.86. The van der Waals surface area contributed by atoms with Crippen LogP contribution in [0.3, 0.4) is 0 Å². The molecule has 0 spiro atoms. The van der Waals surface area contributed by atoms with Crippen molar-refractivity contribution in [3.05, 3.63) is 87.9 Å². The molecule has 4 rings (SSSR count). The lowest BCUT2D eigenvalue weighted by Crippen LogP contribution is -2.45. The van der Waals surface area contributed by atoms with Gasteiger partial charge in [-0.2, -0.15) is 5.10 Å². The highest BCUT2D eigenvalue weighted by molar-refractivity contribution is 5.95. The number of hydrogen-bond acceptors (Lipinski definition) is 8. The summed E-state index contributed by atoms with van der Waals surface area (Å²) < 4.78 is 18.7. The van der Waals surface area contributed by atoms with Crippen LogP contribution in [-0.2, 0) is 9.53 Å². The van der Waals surface area contributed by atoms with Gasteiger partial charge in [-0.25, -0.2) is 9.59 Å². The van der Waals surface area contributed by atoms with Crippen molar-refractivity contribution in [3.63, 3.8) is 0 Å². The molecule has 11 nitrogen and oxygen atoms in total. The zero-order chi connectivity index (χ0) is 30.4. The van der Waals surface area contributed by atoms with E-state index in [9.17, 15) is 14.7 Å². The Morgan fingerprint density at radius 3 is 2.60 bits per heavy atom. The number of rotatable bonds is 11. The molecule has 1 aromatic heterocycles. The fourth-order valence-electron chi connectivity index (χ4n) is 4.92. The third-order valence-corrected chi connectivity index (χ3v) is 6.93. The Labute approximate surface area is 245 Å². The number of nitrogens with zero attached hydrogens (tertiary/aromatic N) is 2. The number of urea groups is 1. The molecule has 2 aromatic carbocycles. The Bertz CT molecular complexity index is 1530. The number of aryl methyl sites for hydroxylation is 2. The first-order valence-corrected chi connectivity index (χ1v) is 13.6. The van der Waals surface area contributed by atoms with Gasteiger partial charge in [-0.05, 0) is 70.0 Å². The molecule has 0 fully saturated rings. The van der Waals surface area contributed by atoms with E-state index >= 15 is 0 Å². The third kappa shape index (κ3) is 6.58. The number of benzene rings is 2. The van der Waals surface area contributed by atoms with Gasteiger partial charge in [0.05, 0.1) is 31.5 Å². The van der Waals surface area contributed by atoms with E-state index in [0.717, 1.165) is 22.6 Å². The van der Waals surface area contributed by atoms with E-state index in [1.165, 1.54) is 12.7 Å². The highest BCUT2D eigenvalue weighted by Gasteiger charge is 2.32. The molecule has 42 heavy (non-hydrogen) atoms. The molecule has 0 saturated heterocycles. The van der Waals surface area contributed by atoms with Crippen LogP contribution in [0.4, 0.5) is 4.79 Å². The monoisotopic (exact) mass is 575 g/mol. The molecule has 1 aliphatic heterocycles. The molecule has 222 valence electrons. The van der Waals surface area contributed by atoms with Gasteiger partial charge < -0.3 is 34.5 Å². The first-order valence-electron chi connectivity index (χ1n) is 13.6. The number of hydrogen-bond donors (Lipinski definition) is 4. The second-order valence-electron chi connectivity index (χ2n) is 9.86. The Morgan fingerprint density at radius 1 is 1.12 bits per heavy atom. The number of hydrazone groups is 1. The normalized spacial score (nSPS) is 15.7. The number of aromatic nitrogens is 1. The van der Waals surface area contributed by atoms with Crippen molar-refractivity contribution in [2.24, 2.45) is 5.10 Å².